The molecule has 2 rings (SSSR count). The first-order valence-corrected chi connectivity index (χ1v) is 5.20. The van der Waals surface area contributed by atoms with E-state index >= 15 is 0 Å². The SMILES string of the molecule is CC1(C)CC1Nc1ccc([N+](=O)[O-])cc1N. The first kappa shape index (κ1) is 10.7. The predicted octanol–water partition coefficient (Wildman–Crippen LogP) is 2.39. The molecule has 3 N–H and O–H groups in total. The Morgan fingerprint density at radius 1 is 1.56 bits per heavy atom. The van der Waals surface area contributed by atoms with Gasteiger partial charge in [-0.2, -0.15) is 0 Å². The van der Waals surface area contributed by atoms with Gasteiger partial charge in [-0.05, 0) is 17.9 Å². The van der Waals surface area contributed by atoms with Crippen molar-refractivity contribution in [3.63, 3.8) is 0 Å². The number of nitrogens with zero attached hydrogens (tertiary/aromatic N) is 1. The average Bonchev–Trinajstić information content (AvgIpc) is 2.77. The number of nitro groups is 1. The van der Waals surface area contributed by atoms with Crippen LogP contribution in [0.1, 0.15) is 20.3 Å². The molecule has 0 aliphatic heterocycles. The normalized spacial score (nSPS) is 21.5. The van der Waals surface area contributed by atoms with Crippen LogP contribution in [0.15, 0.2) is 18.2 Å². The zero-order valence-electron chi connectivity index (χ0n) is 9.36. The van der Waals surface area contributed by atoms with E-state index in [0.29, 0.717) is 17.1 Å². The first-order chi connectivity index (χ1) is 7.40. The molecule has 0 saturated heterocycles. The van der Waals surface area contributed by atoms with Crippen molar-refractivity contribution in [2.24, 2.45) is 5.41 Å². The van der Waals surface area contributed by atoms with E-state index in [1.807, 2.05) is 0 Å². The Hall–Kier alpha value is -1.78. The van der Waals surface area contributed by atoms with Gasteiger partial charge < -0.3 is 11.1 Å². The van der Waals surface area contributed by atoms with Crippen molar-refractivity contribution in [2.75, 3.05) is 11.1 Å². The fourth-order valence-corrected chi connectivity index (χ4v) is 1.70. The molecule has 1 aliphatic carbocycles. The van der Waals surface area contributed by atoms with Crippen LogP contribution in [0, 0.1) is 15.5 Å². The molecule has 1 saturated carbocycles. The molecule has 5 nitrogen and oxygen atoms in total. The highest BCUT2D eigenvalue weighted by Gasteiger charge is 2.45. The smallest absolute Gasteiger partial charge is 0.271 e. The topological polar surface area (TPSA) is 81.2 Å². The number of hydrogen-bond donors (Lipinski definition) is 2. The molecule has 0 spiro atoms. The number of nitrogens with two attached hydrogens (primary N) is 1. The maximum absolute atomic E-state index is 10.5. The second kappa shape index (κ2) is 3.37. The molecular weight excluding hydrogens is 206 g/mol. The molecule has 16 heavy (non-hydrogen) atoms. The predicted molar refractivity (Wildman–Crippen MR) is 63.3 cm³/mol. The van der Waals surface area contributed by atoms with E-state index in [4.69, 9.17) is 5.73 Å². The van der Waals surface area contributed by atoms with E-state index in [1.165, 1.54) is 12.1 Å². The molecule has 0 bridgehead atoms. The third-order valence-electron chi connectivity index (χ3n) is 3.09. The Labute approximate surface area is 93.8 Å². The van der Waals surface area contributed by atoms with Crippen molar-refractivity contribution in [1.29, 1.82) is 0 Å². The summed E-state index contributed by atoms with van der Waals surface area (Å²) in [6, 6.07) is 4.93. The minimum Gasteiger partial charge on any atom is -0.397 e. The van der Waals surface area contributed by atoms with Crippen LogP contribution in [0.25, 0.3) is 0 Å². The zero-order chi connectivity index (χ0) is 11.9. The Kier molecular flexibility index (Phi) is 2.26. The van der Waals surface area contributed by atoms with E-state index in [0.717, 1.165) is 12.1 Å². The first-order valence-electron chi connectivity index (χ1n) is 5.20. The molecule has 1 fully saturated rings. The molecule has 0 radical (unpaired) electrons. The van der Waals surface area contributed by atoms with Crippen LogP contribution in [0.5, 0.6) is 0 Å². The summed E-state index contributed by atoms with van der Waals surface area (Å²) in [7, 11) is 0. The highest BCUT2D eigenvalue weighted by molar-refractivity contribution is 5.70. The molecule has 1 unspecified atom stereocenters. The maximum Gasteiger partial charge on any atom is 0.271 e. The molecule has 0 aromatic heterocycles. The minimum absolute atomic E-state index is 0.0260. The highest BCUT2D eigenvalue weighted by atomic mass is 16.6. The molecule has 1 atom stereocenters. The zero-order valence-corrected chi connectivity index (χ0v) is 9.36. The van der Waals surface area contributed by atoms with Crippen LogP contribution in [-0.2, 0) is 0 Å². The van der Waals surface area contributed by atoms with Gasteiger partial charge >= 0.3 is 0 Å². The number of anilines is 2. The molecule has 5 heteroatoms. The van der Waals surface area contributed by atoms with Gasteiger partial charge in [0, 0.05) is 18.2 Å². The van der Waals surface area contributed by atoms with Gasteiger partial charge in [-0.25, -0.2) is 0 Å². The third kappa shape index (κ3) is 1.93. The van der Waals surface area contributed by atoms with Crippen LogP contribution < -0.4 is 11.1 Å². The van der Waals surface area contributed by atoms with Gasteiger partial charge in [0.2, 0.25) is 0 Å². The van der Waals surface area contributed by atoms with Crippen molar-refractivity contribution in [2.45, 2.75) is 26.3 Å². The van der Waals surface area contributed by atoms with Crippen LogP contribution in [0.4, 0.5) is 17.1 Å². The van der Waals surface area contributed by atoms with E-state index in [2.05, 4.69) is 19.2 Å². The van der Waals surface area contributed by atoms with E-state index in [1.54, 1.807) is 6.07 Å². The molecular formula is C11H15N3O2. The number of nitrogen functional groups attached to an aromatic ring is 1. The van der Waals surface area contributed by atoms with Crippen molar-refractivity contribution >= 4 is 17.1 Å². The van der Waals surface area contributed by atoms with Crippen LogP contribution in [-0.4, -0.2) is 11.0 Å². The lowest BCUT2D eigenvalue weighted by Gasteiger charge is -2.10. The van der Waals surface area contributed by atoms with Gasteiger partial charge in [0.25, 0.3) is 5.69 Å². The van der Waals surface area contributed by atoms with Gasteiger partial charge in [-0.1, -0.05) is 13.8 Å². The summed E-state index contributed by atoms with van der Waals surface area (Å²) in [5.74, 6) is 0. The summed E-state index contributed by atoms with van der Waals surface area (Å²) in [6.45, 7) is 4.35. The van der Waals surface area contributed by atoms with Crippen LogP contribution >= 0.6 is 0 Å². The molecule has 0 heterocycles. The number of nitrogens with one attached hydrogen (secondary N) is 1. The van der Waals surface area contributed by atoms with Gasteiger partial charge in [-0.3, -0.25) is 10.1 Å². The number of hydrogen-bond acceptors (Lipinski definition) is 4. The number of non-ortho nitro benzene ring substituents is 1. The van der Waals surface area contributed by atoms with Crippen molar-refractivity contribution < 1.29 is 4.92 Å². The third-order valence-corrected chi connectivity index (χ3v) is 3.09. The summed E-state index contributed by atoms with van der Waals surface area (Å²) in [5, 5.41) is 13.8. The number of nitro benzene ring substituents is 1. The van der Waals surface area contributed by atoms with Crippen molar-refractivity contribution in [3.8, 4) is 0 Å². The Balaban J connectivity index is 2.14. The van der Waals surface area contributed by atoms with Crippen molar-refractivity contribution in [3.05, 3.63) is 28.3 Å². The van der Waals surface area contributed by atoms with Crippen LogP contribution in [0.3, 0.4) is 0 Å². The second-order valence-electron chi connectivity index (χ2n) is 4.92. The summed E-state index contributed by atoms with van der Waals surface area (Å²) in [6.07, 6.45) is 1.10. The maximum atomic E-state index is 10.5. The number of rotatable bonds is 3. The summed E-state index contributed by atoms with van der Waals surface area (Å²) in [4.78, 5) is 10.1. The summed E-state index contributed by atoms with van der Waals surface area (Å²) >= 11 is 0. The van der Waals surface area contributed by atoms with Gasteiger partial charge in [0.1, 0.15) is 0 Å². The average molecular weight is 221 g/mol. The Bertz CT molecular complexity index is 443. The highest BCUT2D eigenvalue weighted by Crippen LogP contribution is 2.47. The summed E-state index contributed by atoms with van der Waals surface area (Å²) < 4.78 is 0. The lowest BCUT2D eigenvalue weighted by molar-refractivity contribution is -0.384. The molecule has 86 valence electrons. The Morgan fingerprint density at radius 2 is 2.19 bits per heavy atom. The fourth-order valence-electron chi connectivity index (χ4n) is 1.70. The summed E-state index contributed by atoms with van der Waals surface area (Å²) in [5.41, 5.74) is 7.29. The van der Waals surface area contributed by atoms with Gasteiger partial charge in [-0.15, -0.1) is 0 Å². The quantitative estimate of drug-likeness (QED) is 0.466. The monoisotopic (exact) mass is 221 g/mol. The van der Waals surface area contributed by atoms with E-state index < -0.39 is 4.92 Å². The lowest BCUT2D eigenvalue weighted by Crippen LogP contribution is -2.10. The Morgan fingerprint density at radius 3 is 2.62 bits per heavy atom. The largest absolute Gasteiger partial charge is 0.397 e. The molecule has 1 aliphatic rings. The molecule has 0 amide bonds. The van der Waals surface area contributed by atoms with E-state index in [9.17, 15) is 10.1 Å². The standard InChI is InChI=1S/C11H15N3O2/c1-11(2)6-10(11)13-9-4-3-7(14(15)16)5-8(9)12/h3-5,10,13H,6,12H2,1-2H3. The number of benzene rings is 1. The van der Waals surface area contributed by atoms with Gasteiger partial charge in [0.15, 0.2) is 0 Å². The van der Waals surface area contributed by atoms with Crippen LogP contribution in [0.2, 0.25) is 0 Å². The fraction of sp³-hybridized carbons (Fsp3) is 0.455. The lowest BCUT2D eigenvalue weighted by atomic mass is 10.2. The van der Waals surface area contributed by atoms with E-state index in [-0.39, 0.29) is 5.69 Å². The minimum atomic E-state index is -0.443. The van der Waals surface area contributed by atoms with Crippen molar-refractivity contribution in [1.82, 2.24) is 0 Å². The second-order valence-corrected chi connectivity index (χ2v) is 4.92. The molecule has 1 aromatic carbocycles. The van der Waals surface area contributed by atoms with Gasteiger partial charge in [0.05, 0.1) is 16.3 Å². The molecule has 1 aromatic rings.